The van der Waals surface area contributed by atoms with Gasteiger partial charge in [-0.2, -0.15) is 0 Å². The fraction of sp³-hybridized carbons (Fsp3) is 0.148. The highest BCUT2D eigenvalue weighted by Gasteiger charge is 2.38. The molecular formula is C27H23ClN2O7. The summed E-state index contributed by atoms with van der Waals surface area (Å²) in [5, 5.41) is 2.41. The average molecular weight is 523 g/mol. The number of ether oxygens (including phenoxy) is 4. The number of halogens is 1. The summed E-state index contributed by atoms with van der Waals surface area (Å²) < 4.78 is 21.8. The summed E-state index contributed by atoms with van der Waals surface area (Å²) in [7, 11) is 4.25. The lowest BCUT2D eigenvalue weighted by Crippen LogP contribution is -2.54. The molecule has 3 aromatic carbocycles. The standard InChI is InChI=1S/C27H23ClN2O7/c1-34-22-14-20(23(35-2)13-19(22)28)30-26(32)18(25(31)29-27(30)33)11-17-9-10-21(24(12-17)36-3)37-15-16-7-5-4-6-8-16/h4-14H,15H2,1-3H3,(H,29,31,33). The summed E-state index contributed by atoms with van der Waals surface area (Å²) in [6.45, 7) is 0.335. The third-order valence-electron chi connectivity index (χ3n) is 5.53. The molecule has 0 unspecified atom stereocenters. The van der Waals surface area contributed by atoms with Gasteiger partial charge in [0.05, 0.1) is 32.0 Å². The third kappa shape index (κ3) is 5.36. The van der Waals surface area contributed by atoms with Gasteiger partial charge in [-0.3, -0.25) is 14.9 Å². The Bertz CT molecular complexity index is 1390. The molecule has 4 amide bonds. The summed E-state index contributed by atoms with van der Waals surface area (Å²) in [6, 6.07) is 16.5. The molecule has 0 aromatic heterocycles. The maximum atomic E-state index is 13.4. The number of carbonyl (C=O) groups is 3. The monoisotopic (exact) mass is 522 g/mol. The molecule has 4 rings (SSSR count). The minimum Gasteiger partial charge on any atom is -0.495 e. The van der Waals surface area contributed by atoms with Gasteiger partial charge in [0.1, 0.15) is 23.7 Å². The number of amides is 4. The van der Waals surface area contributed by atoms with E-state index in [1.54, 1.807) is 18.2 Å². The number of rotatable bonds is 8. The molecule has 0 saturated carbocycles. The van der Waals surface area contributed by atoms with Crippen molar-refractivity contribution in [1.29, 1.82) is 0 Å². The van der Waals surface area contributed by atoms with Gasteiger partial charge in [0.15, 0.2) is 11.5 Å². The smallest absolute Gasteiger partial charge is 0.336 e. The minimum atomic E-state index is -0.933. The van der Waals surface area contributed by atoms with E-state index in [9.17, 15) is 14.4 Å². The molecule has 10 heteroatoms. The van der Waals surface area contributed by atoms with Crippen molar-refractivity contribution >= 4 is 41.2 Å². The Kier molecular flexibility index (Phi) is 7.64. The molecular weight excluding hydrogens is 500 g/mol. The van der Waals surface area contributed by atoms with Gasteiger partial charge in [-0.15, -0.1) is 0 Å². The van der Waals surface area contributed by atoms with Crippen LogP contribution in [-0.2, 0) is 16.2 Å². The first kappa shape index (κ1) is 25.6. The highest BCUT2D eigenvalue weighted by atomic mass is 35.5. The van der Waals surface area contributed by atoms with Crippen LogP contribution in [0.25, 0.3) is 6.08 Å². The largest absolute Gasteiger partial charge is 0.495 e. The molecule has 0 bridgehead atoms. The first-order valence-corrected chi connectivity index (χ1v) is 11.4. The molecule has 0 radical (unpaired) electrons. The van der Waals surface area contributed by atoms with Crippen molar-refractivity contribution in [2.45, 2.75) is 6.61 Å². The van der Waals surface area contributed by atoms with Crippen molar-refractivity contribution in [2.75, 3.05) is 26.2 Å². The highest BCUT2D eigenvalue weighted by Crippen LogP contribution is 2.39. The Hall–Kier alpha value is -4.50. The minimum absolute atomic E-state index is 0.0619. The van der Waals surface area contributed by atoms with Crippen molar-refractivity contribution in [1.82, 2.24) is 5.32 Å². The Morgan fingerprint density at radius 2 is 1.54 bits per heavy atom. The van der Waals surface area contributed by atoms with E-state index in [1.807, 2.05) is 30.3 Å². The van der Waals surface area contributed by atoms with E-state index < -0.39 is 17.8 Å². The molecule has 1 saturated heterocycles. The maximum absolute atomic E-state index is 13.4. The van der Waals surface area contributed by atoms with Crippen molar-refractivity contribution in [2.24, 2.45) is 0 Å². The average Bonchev–Trinajstić information content (AvgIpc) is 2.91. The van der Waals surface area contributed by atoms with Crippen molar-refractivity contribution in [3.63, 3.8) is 0 Å². The number of nitrogens with one attached hydrogen (secondary N) is 1. The van der Waals surface area contributed by atoms with Crippen LogP contribution in [0.2, 0.25) is 5.02 Å². The number of benzene rings is 3. The second-order valence-electron chi connectivity index (χ2n) is 7.80. The third-order valence-corrected chi connectivity index (χ3v) is 5.83. The summed E-state index contributed by atoms with van der Waals surface area (Å²) >= 11 is 6.15. The lowest BCUT2D eigenvalue weighted by molar-refractivity contribution is -0.122. The van der Waals surface area contributed by atoms with Crippen LogP contribution in [0.3, 0.4) is 0 Å². The second-order valence-corrected chi connectivity index (χ2v) is 8.21. The topological polar surface area (TPSA) is 103 Å². The van der Waals surface area contributed by atoms with Gasteiger partial charge in [-0.1, -0.05) is 48.0 Å². The number of urea groups is 1. The van der Waals surface area contributed by atoms with Gasteiger partial charge < -0.3 is 18.9 Å². The number of hydrogen-bond donors (Lipinski definition) is 1. The van der Waals surface area contributed by atoms with Crippen LogP contribution in [0, 0.1) is 0 Å². The maximum Gasteiger partial charge on any atom is 0.336 e. The Morgan fingerprint density at radius 3 is 2.22 bits per heavy atom. The zero-order valence-corrected chi connectivity index (χ0v) is 21.0. The number of barbiturate groups is 1. The predicted molar refractivity (Wildman–Crippen MR) is 137 cm³/mol. The number of methoxy groups -OCH3 is 3. The van der Waals surface area contributed by atoms with Crippen molar-refractivity contribution < 1.29 is 33.3 Å². The van der Waals surface area contributed by atoms with Crippen molar-refractivity contribution in [3.8, 4) is 23.0 Å². The number of anilines is 1. The number of nitrogens with zero attached hydrogens (tertiary/aromatic N) is 1. The second kappa shape index (κ2) is 11.0. The zero-order chi connectivity index (χ0) is 26.5. The quantitative estimate of drug-likeness (QED) is 0.340. The predicted octanol–water partition coefficient (Wildman–Crippen LogP) is 4.61. The molecule has 0 atom stereocenters. The summed E-state index contributed by atoms with van der Waals surface area (Å²) in [5.41, 5.74) is 1.26. The molecule has 0 spiro atoms. The summed E-state index contributed by atoms with van der Waals surface area (Å²) in [6.07, 6.45) is 1.36. The van der Waals surface area contributed by atoms with Crippen LogP contribution in [0.15, 0.2) is 66.2 Å². The molecule has 0 aliphatic carbocycles. The van der Waals surface area contributed by atoms with Crippen LogP contribution in [0.1, 0.15) is 11.1 Å². The van der Waals surface area contributed by atoms with Gasteiger partial charge in [0.2, 0.25) is 0 Å². The van der Waals surface area contributed by atoms with E-state index in [1.165, 1.54) is 39.5 Å². The van der Waals surface area contributed by atoms with E-state index in [4.69, 9.17) is 30.5 Å². The molecule has 1 N–H and O–H groups in total. The van der Waals surface area contributed by atoms with E-state index in [2.05, 4.69) is 5.32 Å². The van der Waals surface area contributed by atoms with Gasteiger partial charge in [-0.05, 0) is 29.3 Å². The SMILES string of the molecule is COc1cc(N2C(=O)NC(=O)C(=Cc3ccc(OCc4ccccc4)c(OC)c3)C2=O)c(OC)cc1Cl. The van der Waals surface area contributed by atoms with Crippen LogP contribution in [0.4, 0.5) is 10.5 Å². The molecule has 9 nitrogen and oxygen atoms in total. The van der Waals surface area contributed by atoms with E-state index in [0.717, 1.165) is 10.5 Å². The fourth-order valence-electron chi connectivity index (χ4n) is 3.69. The number of imide groups is 2. The van der Waals surface area contributed by atoms with Gasteiger partial charge in [0.25, 0.3) is 11.8 Å². The van der Waals surface area contributed by atoms with Crippen LogP contribution >= 0.6 is 11.6 Å². The van der Waals surface area contributed by atoms with E-state index >= 15 is 0 Å². The van der Waals surface area contributed by atoms with E-state index in [0.29, 0.717) is 23.7 Å². The van der Waals surface area contributed by atoms with Crippen LogP contribution in [0.5, 0.6) is 23.0 Å². The zero-order valence-electron chi connectivity index (χ0n) is 20.2. The Labute approximate surface area is 218 Å². The fourth-order valence-corrected chi connectivity index (χ4v) is 3.92. The summed E-state index contributed by atoms with van der Waals surface area (Å²) in [4.78, 5) is 39.5. The molecule has 1 heterocycles. The van der Waals surface area contributed by atoms with Crippen LogP contribution in [-0.4, -0.2) is 39.2 Å². The van der Waals surface area contributed by atoms with Crippen LogP contribution < -0.4 is 29.2 Å². The van der Waals surface area contributed by atoms with Gasteiger partial charge in [0, 0.05) is 12.1 Å². The highest BCUT2D eigenvalue weighted by molar-refractivity contribution is 6.39. The lowest BCUT2D eigenvalue weighted by atomic mass is 10.1. The molecule has 1 aliphatic rings. The number of hydrogen-bond acceptors (Lipinski definition) is 7. The van der Waals surface area contributed by atoms with Crippen molar-refractivity contribution in [3.05, 3.63) is 82.4 Å². The lowest BCUT2D eigenvalue weighted by Gasteiger charge is -2.28. The molecule has 37 heavy (non-hydrogen) atoms. The Morgan fingerprint density at radius 1 is 0.838 bits per heavy atom. The molecule has 190 valence electrons. The van der Waals surface area contributed by atoms with E-state index in [-0.39, 0.29) is 27.8 Å². The number of carbonyl (C=O) groups excluding carboxylic acids is 3. The first-order chi connectivity index (χ1) is 17.9. The first-order valence-electron chi connectivity index (χ1n) is 11.0. The van der Waals surface area contributed by atoms with Gasteiger partial charge >= 0.3 is 6.03 Å². The molecule has 1 fully saturated rings. The van der Waals surface area contributed by atoms with Gasteiger partial charge in [-0.25, -0.2) is 9.69 Å². The molecule has 3 aromatic rings. The molecule has 1 aliphatic heterocycles. The summed E-state index contributed by atoms with van der Waals surface area (Å²) in [5.74, 6) is -0.427. The Balaban J connectivity index is 1.66. The normalized spacial score (nSPS) is 14.4.